The number of nitriles is 1. The van der Waals surface area contributed by atoms with Crippen molar-refractivity contribution in [2.45, 2.75) is 17.4 Å². The smallest absolute Gasteiger partial charge is 0.251 e. The van der Waals surface area contributed by atoms with Crippen molar-refractivity contribution in [3.05, 3.63) is 65.7 Å². The van der Waals surface area contributed by atoms with Gasteiger partial charge in [-0.05, 0) is 42.8 Å². The highest BCUT2D eigenvalue weighted by Gasteiger charge is 2.23. The first kappa shape index (κ1) is 19.1. The number of amides is 2. The Hall–Kier alpha value is -3.18. The molecule has 0 unspecified atom stereocenters. The molecule has 0 aromatic heterocycles. The minimum Gasteiger partial charge on any atom is -0.368 e. The van der Waals surface area contributed by atoms with Crippen molar-refractivity contribution < 1.29 is 18.0 Å². The molecule has 26 heavy (non-hydrogen) atoms. The maximum atomic E-state index is 12.3. The van der Waals surface area contributed by atoms with Crippen LogP contribution < -0.4 is 11.1 Å². The van der Waals surface area contributed by atoms with Gasteiger partial charge in [0.2, 0.25) is 5.91 Å². The van der Waals surface area contributed by atoms with Gasteiger partial charge in [0.25, 0.3) is 5.91 Å². The van der Waals surface area contributed by atoms with Crippen LogP contribution in [0.5, 0.6) is 0 Å². The van der Waals surface area contributed by atoms with Crippen LogP contribution in [0.2, 0.25) is 0 Å². The van der Waals surface area contributed by atoms with Crippen molar-refractivity contribution >= 4 is 21.7 Å². The predicted molar refractivity (Wildman–Crippen MR) is 94.7 cm³/mol. The van der Waals surface area contributed by atoms with Crippen LogP contribution in [0.25, 0.3) is 0 Å². The highest BCUT2D eigenvalue weighted by Crippen LogP contribution is 2.12. The summed E-state index contributed by atoms with van der Waals surface area (Å²) in [5, 5.41) is 11.2. The van der Waals surface area contributed by atoms with Crippen molar-refractivity contribution in [2.24, 2.45) is 5.73 Å². The van der Waals surface area contributed by atoms with Gasteiger partial charge in [-0.3, -0.25) is 9.59 Å². The Bertz CT molecular complexity index is 933. The third-order valence-electron chi connectivity index (χ3n) is 3.70. The van der Waals surface area contributed by atoms with E-state index < -0.39 is 27.7 Å². The Labute approximate surface area is 151 Å². The maximum Gasteiger partial charge on any atom is 0.251 e. The van der Waals surface area contributed by atoms with Crippen LogP contribution >= 0.6 is 0 Å². The number of hydrogen-bond donors (Lipinski definition) is 2. The Morgan fingerprint density at radius 2 is 1.69 bits per heavy atom. The molecule has 2 aromatic carbocycles. The first-order valence-corrected chi connectivity index (χ1v) is 9.37. The average molecular weight is 371 g/mol. The second-order valence-corrected chi connectivity index (χ2v) is 7.65. The van der Waals surface area contributed by atoms with E-state index in [4.69, 9.17) is 11.0 Å². The minimum atomic E-state index is -3.59. The molecule has 8 heteroatoms. The first-order chi connectivity index (χ1) is 12.3. The number of primary amides is 1. The molecule has 2 amide bonds. The van der Waals surface area contributed by atoms with Gasteiger partial charge in [0.1, 0.15) is 6.04 Å². The molecular formula is C18H17N3O4S. The van der Waals surface area contributed by atoms with E-state index in [0.29, 0.717) is 5.56 Å². The lowest BCUT2D eigenvalue weighted by Crippen LogP contribution is -2.45. The van der Waals surface area contributed by atoms with E-state index in [1.54, 1.807) is 18.2 Å². The molecular weight excluding hydrogens is 354 g/mol. The van der Waals surface area contributed by atoms with Gasteiger partial charge in [-0.25, -0.2) is 8.42 Å². The maximum absolute atomic E-state index is 12.3. The normalized spacial score (nSPS) is 12.0. The molecule has 0 saturated carbocycles. The molecule has 0 radical (unpaired) electrons. The predicted octanol–water partition coefficient (Wildman–Crippen LogP) is 1.01. The van der Waals surface area contributed by atoms with Gasteiger partial charge in [0, 0.05) is 5.56 Å². The summed E-state index contributed by atoms with van der Waals surface area (Å²) in [7, 11) is -3.59. The van der Waals surface area contributed by atoms with Gasteiger partial charge in [-0.2, -0.15) is 5.26 Å². The van der Waals surface area contributed by atoms with Gasteiger partial charge < -0.3 is 11.1 Å². The molecule has 2 aromatic rings. The third-order valence-corrected chi connectivity index (χ3v) is 5.47. The fourth-order valence-electron chi connectivity index (χ4n) is 2.24. The summed E-state index contributed by atoms with van der Waals surface area (Å²) in [6.45, 7) is 0. The zero-order chi connectivity index (χ0) is 19.2. The van der Waals surface area contributed by atoms with Crippen LogP contribution in [0.15, 0.2) is 59.5 Å². The van der Waals surface area contributed by atoms with E-state index in [2.05, 4.69) is 5.32 Å². The van der Waals surface area contributed by atoms with Crippen LogP contribution in [-0.2, 0) is 14.6 Å². The van der Waals surface area contributed by atoms with Crippen molar-refractivity contribution in [3.63, 3.8) is 0 Å². The Kier molecular flexibility index (Phi) is 6.09. The lowest BCUT2D eigenvalue weighted by atomic mass is 10.1. The van der Waals surface area contributed by atoms with Gasteiger partial charge in [-0.1, -0.05) is 18.2 Å². The highest BCUT2D eigenvalue weighted by molar-refractivity contribution is 7.91. The van der Waals surface area contributed by atoms with Crippen molar-refractivity contribution in [2.75, 3.05) is 5.75 Å². The molecule has 2 rings (SSSR count). The van der Waals surface area contributed by atoms with Crippen LogP contribution in [0.3, 0.4) is 0 Å². The molecule has 0 aliphatic heterocycles. The topological polar surface area (TPSA) is 130 Å². The second kappa shape index (κ2) is 8.27. The number of carbonyl (C=O) groups excluding carboxylic acids is 2. The van der Waals surface area contributed by atoms with E-state index in [1.807, 2.05) is 6.07 Å². The summed E-state index contributed by atoms with van der Waals surface area (Å²) in [5.74, 6) is -1.73. The number of nitrogens with zero attached hydrogens (tertiary/aromatic N) is 1. The van der Waals surface area contributed by atoms with Crippen LogP contribution in [0, 0.1) is 11.3 Å². The Morgan fingerprint density at radius 3 is 2.23 bits per heavy atom. The van der Waals surface area contributed by atoms with Gasteiger partial charge >= 0.3 is 0 Å². The van der Waals surface area contributed by atoms with Crippen LogP contribution in [0.4, 0.5) is 0 Å². The van der Waals surface area contributed by atoms with Gasteiger partial charge in [0.05, 0.1) is 22.3 Å². The molecule has 0 heterocycles. The summed E-state index contributed by atoms with van der Waals surface area (Å²) in [5.41, 5.74) is 5.91. The molecule has 1 atom stereocenters. The monoisotopic (exact) mass is 371 g/mol. The fourth-order valence-corrected chi connectivity index (χ4v) is 3.60. The second-order valence-electron chi connectivity index (χ2n) is 5.54. The van der Waals surface area contributed by atoms with E-state index >= 15 is 0 Å². The summed E-state index contributed by atoms with van der Waals surface area (Å²) in [4.78, 5) is 23.9. The summed E-state index contributed by atoms with van der Waals surface area (Å²) < 4.78 is 24.6. The summed E-state index contributed by atoms with van der Waals surface area (Å²) in [6, 6.07) is 14.4. The highest BCUT2D eigenvalue weighted by atomic mass is 32.2. The molecule has 7 nitrogen and oxygen atoms in total. The van der Waals surface area contributed by atoms with Gasteiger partial charge in [0.15, 0.2) is 9.84 Å². The number of rotatable bonds is 7. The standard InChI is InChI=1S/C18H17N3O4S/c19-12-13-6-8-14(9-7-13)18(23)21-16(17(20)22)10-11-26(24,25)15-4-2-1-3-5-15/h1-9,16H,10-11H2,(H2,20,22)(H,21,23)/t16-/m1/s1. The lowest BCUT2D eigenvalue weighted by molar-refractivity contribution is -0.119. The molecule has 0 bridgehead atoms. The zero-order valence-corrected chi connectivity index (χ0v) is 14.6. The molecule has 134 valence electrons. The van der Waals surface area contributed by atoms with Crippen LogP contribution in [-0.4, -0.2) is 32.0 Å². The quantitative estimate of drug-likeness (QED) is 0.750. The van der Waals surface area contributed by atoms with Crippen molar-refractivity contribution in [3.8, 4) is 6.07 Å². The van der Waals surface area contributed by atoms with E-state index in [-0.39, 0.29) is 22.6 Å². The average Bonchev–Trinajstić information content (AvgIpc) is 2.65. The van der Waals surface area contributed by atoms with E-state index in [9.17, 15) is 18.0 Å². The minimum absolute atomic E-state index is 0.140. The number of hydrogen-bond acceptors (Lipinski definition) is 5. The number of benzene rings is 2. The molecule has 3 N–H and O–H groups in total. The summed E-state index contributed by atoms with van der Waals surface area (Å²) in [6.07, 6.45) is -0.144. The van der Waals surface area contributed by atoms with Crippen molar-refractivity contribution in [1.82, 2.24) is 5.32 Å². The SMILES string of the molecule is N#Cc1ccc(C(=O)N[C@H](CCS(=O)(=O)c2ccccc2)C(N)=O)cc1. The number of nitrogens with one attached hydrogen (secondary N) is 1. The zero-order valence-electron chi connectivity index (χ0n) is 13.8. The molecule has 0 fully saturated rings. The van der Waals surface area contributed by atoms with E-state index in [0.717, 1.165) is 0 Å². The molecule has 0 spiro atoms. The fraction of sp³-hybridized carbons (Fsp3) is 0.167. The molecule has 0 aliphatic carbocycles. The third kappa shape index (κ3) is 4.91. The van der Waals surface area contributed by atoms with Crippen LogP contribution in [0.1, 0.15) is 22.3 Å². The molecule has 0 aliphatic rings. The Morgan fingerprint density at radius 1 is 1.08 bits per heavy atom. The van der Waals surface area contributed by atoms with E-state index in [1.165, 1.54) is 36.4 Å². The van der Waals surface area contributed by atoms with Crippen molar-refractivity contribution in [1.29, 1.82) is 5.26 Å². The largest absolute Gasteiger partial charge is 0.368 e. The first-order valence-electron chi connectivity index (χ1n) is 7.71. The van der Waals surface area contributed by atoms with Gasteiger partial charge in [-0.15, -0.1) is 0 Å². The number of carbonyl (C=O) groups is 2. The summed E-state index contributed by atoms with van der Waals surface area (Å²) >= 11 is 0. The Balaban J connectivity index is 2.06. The number of nitrogens with two attached hydrogens (primary N) is 1. The lowest BCUT2D eigenvalue weighted by Gasteiger charge is -2.15. The molecule has 0 saturated heterocycles. The number of sulfone groups is 1.